The largest absolute Gasteiger partial charge is 0.299 e. The van der Waals surface area contributed by atoms with Gasteiger partial charge in [-0.15, -0.1) is 0 Å². The molecule has 0 fully saturated rings. The molecule has 0 amide bonds. The number of aldehydes is 1. The van der Waals surface area contributed by atoms with E-state index >= 15 is 0 Å². The molecule has 2 heteroatoms. The zero-order valence-electron chi connectivity index (χ0n) is 8.24. The van der Waals surface area contributed by atoms with E-state index in [1.165, 1.54) is 11.1 Å². The molecule has 1 nitrogen and oxygen atoms in total. The van der Waals surface area contributed by atoms with Crippen LogP contribution in [-0.2, 0) is 11.2 Å². The van der Waals surface area contributed by atoms with E-state index in [0.29, 0.717) is 0 Å². The molecule has 1 aromatic rings. The highest BCUT2D eigenvalue weighted by Crippen LogP contribution is 2.32. The van der Waals surface area contributed by atoms with Gasteiger partial charge in [-0.05, 0) is 41.7 Å². The Morgan fingerprint density at radius 1 is 1.33 bits per heavy atom. The fourth-order valence-electron chi connectivity index (χ4n) is 1.87. The molecule has 0 heterocycles. The molecule has 1 aromatic carbocycles. The highest BCUT2D eigenvalue weighted by Gasteiger charge is 2.12. The Hall–Kier alpha value is -1.15. The molecule has 0 saturated carbocycles. The van der Waals surface area contributed by atoms with E-state index in [1.54, 1.807) is 6.08 Å². The normalized spacial score (nSPS) is 14.9. The standard InChI is InChI=1S/C13H11BrO/c14-13-8-2-6-11-10(5-3-9-15)4-1-7-12(11)13/h2-6,8-9H,1,7H2. The van der Waals surface area contributed by atoms with Crippen LogP contribution < -0.4 is 0 Å². The number of allylic oxidation sites excluding steroid dienone is 4. The molecule has 0 unspecified atom stereocenters. The Kier molecular flexibility index (Phi) is 3.17. The summed E-state index contributed by atoms with van der Waals surface area (Å²) in [6.07, 6.45) is 8.50. The van der Waals surface area contributed by atoms with Gasteiger partial charge in [0.15, 0.2) is 0 Å². The number of benzene rings is 1. The average Bonchev–Trinajstić information content (AvgIpc) is 2.27. The van der Waals surface area contributed by atoms with Crippen LogP contribution in [0.4, 0.5) is 0 Å². The summed E-state index contributed by atoms with van der Waals surface area (Å²) in [5, 5.41) is 0. The van der Waals surface area contributed by atoms with Crippen LogP contribution in [0, 0.1) is 0 Å². The molecule has 0 N–H and O–H groups in total. The molecule has 2 rings (SSSR count). The third-order valence-corrected chi connectivity index (χ3v) is 3.29. The second kappa shape index (κ2) is 4.58. The van der Waals surface area contributed by atoms with Gasteiger partial charge in [0.25, 0.3) is 0 Å². The van der Waals surface area contributed by atoms with E-state index in [2.05, 4.69) is 34.1 Å². The van der Waals surface area contributed by atoms with Crippen molar-refractivity contribution in [3.05, 3.63) is 52.0 Å². The third-order valence-electron chi connectivity index (χ3n) is 2.54. The van der Waals surface area contributed by atoms with Crippen LogP contribution in [0.15, 0.2) is 40.9 Å². The number of fused-ring (bicyclic) bond motifs is 1. The van der Waals surface area contributed by atoms with Crippen molar-refractivity contribution < 1.29 is 4.79 Å². The lowest BCUT2D eigenvalue weighted by Crippen LogP contribution is -1.99. The van der Waals surface area contributed by atoms with Crippen molar-refractivity contribution >= 4 is 27.8 Å². The van der Waals surface area contributed by atoms with Crippen LogP contribution in [0.5, 0.6) is 0 Å². The Bertz CT molecular complexity index is 444. The molecule has 0 aliphatic heterocycles. The highest BCUT2D eigenvalue weighted by atomic mass is 79.9. The monoisotopic (exact) mass is 262 g/mol. The second-order valence-electron chi connectivity index (χ2n) is 3.46. The van der Waals surface area contributed by atoms with E-state index in [1.807, 2.05) is 12.1 Å². The summed E-state index contributed by atoms with van der Waals surface area (Å²) in [6, 6.07) is 6.18. The van der Waals surface area contributed by atoms with E-state index in [-0.39, 0.29) is 0 Å². The van der Waals surface area contributed by atoms with Crippen molar-refractivity contribution in [1.82, 2.24) is 0 Å². The number of carbonyl (C=O) groups excluding carboxylic acids is 1. The quantitative estimate of drug-likeness (QED) is 0.589. The van der Waals surface area contributed by atoms with Crippen LogP contribution >= 0.6 is 15.9 Å². The highest BCUT2D eigenvalue weighted by molar-refractivity contribution is 9.10. The zero-order chi connectivity index (χ0) is 10.7. The van der Waals surface area contributed by atoms with Gasteiger partial charge in [-0.1, -0.05) is 40.2 Å². The molecule has 0 radical (unpaired) electrons. The van der Waals surface area contributed by atoms with Crippen LogP contribution in [-0.4, -0.2) is 6.29 Å². The Morgan fingerprint density at radius 2 is 2.20 bits per heavy atom. The van der Waals surface area contributed by atoms with Gasteiger partial charge in [0.1, 0.15) is 6.29 Å². The van der Waals surface area contributed by atoms with E-state index in [0.717, 1.165) is 29.2 Å². The SMILES string of the molecule is O=CC=CC1=CCCc2c(Br)cccc21. The molecule has 76 valence electrons. The van der Waals surface area contributed by atoms with Crippen LogP contribution in [0.25, 0.3) is 5.57 Å². The Balaban J connectivity index is 2.46. The first kappa shape index (κ1) is 10.4. The van der Waals surface area contributed by atoms with Crippen molar-refractivity contribution in [3.8, 4) is 0 Å². The van der Waals surface area contributed by atoms with Crippen molar-refractivity contribution in [3.63, 3.8) is 0 Å². The van der Waals surface area contributed by atoms with Crippen molar-refractivity contribution in [2.75, 3.05) is 0 Å². The smallest absolute Gasteiger partial charge is 0.142 e. The van der Waals surface area contributed by atoms with Gasteiger partial charge in [0.05, 0.1) is 0 Å². The number of carbonyl (C=O) groups is 1. The first-order valence-corrected chi connectivity index (χ1v) is 5.72. The third kappa shape index (κ3) is 2.10. The first-order valence-electron chi connectivity index (χ1n) is 4.92. The van der Waals surface area contributed by atoms with Gasteiger partial charge in [-0.25, -0.2) is 0 Å². The van der Waals surface area contributed by atoms with Gasteiger partial charge in [0, 0.05) is 4.47 Å². The molecule has 0 atom stereocenters. The number of hydrogen-bond acceptors (Lipinski definition) is 1. The lowest BCUT2D eigenvalue weighted by atomic mass is 9.91. The molecular weight excluding hydrogens is 252 g/mol. The Morgan fingerprint density at radius 3 is 3.00 bits per heavy atom. The van der Waals surface area contributed by atoms with Crippen molar-refractivity contribution in [2.45, 2.75) is 12.8 Å². The summed E-state index contributed by atoms with van der Waals surface area (Å²) >= 11 is 3.56. The van der Waals surface area contributed by atoms with Gasteiger partial charge in [-0.2, -0.15) is 0 Å². The second-order valence-corrected chi connectivity index (χ2v) is 4.31. The van der Waals surface area contributed by atoms with E-state index < -0.39 is 0 Å². The maximum atomic E-state index is 10.3. The molecular formula is C13H11BrO. The molecule has 1 aliphatic carbocycles. The topological polar surface area (TPSA) is 17.1 Å². The molecule has 0 saturated heterocycles. The summed E-state index contributed by atoms with van der Waals surface area (Å²) in [4.78, 5) is 10.3. The fourth-order valence-corrected chi connectivity index (χ4v) is 2.43. The summed E-state index contributed by atoms with van der Waals surface area (Å²) in [5.41, 5.74) is 3.71. The maximum absolute atomic E-state index is 10.3. The lowest BCUT2D eigenvalue weighted by Gasteiger charge is -2.16. The zero-order valence-corrected chi connectivity index (χ0v) is 9.83. The molecule has 0 bridgehead atoms. The average molecular weight is 263 g/mol. The van der Waals surface area contributed by atoms with Gasteiger partial charge < -0.3 is 0 Å². The van der Waals surface area contributed by atoms with E-state index in [4.69, 9.17) is 0 Å². The molecule has 15 heavy (non-hydrogen) atoms. The predicted molar refractivity (Wildman–Crippen MR) is 65.6 cm³/mol. The fraction of sp³-hybridized carbons (Fsp3) is 0.154. The van der Waals surface area contributed by atoms with Crippen LogP contribution in [0.3, 0.4) is 0 Å². The Labute approximate surface area is 97.6 Å². The molecule has 0 aromatic heterocycles. The number of hydrogen-bond donors (Lipinski definition) is 0. The summed E-state index contributed by atoms with van der Waals surface area (Å²) in [6.45, 7) is 0. The lowest BCUT2D eigenvalue weighted by molar-refractivity contribution is -0.104. The molecule has 0 spiro atoms. The van der Waals surface area contributed by atoms with Crippen LogP contribution in [0.1, 0.15) is 17.5 Å². The van der Waals surface area contributed by atoms with Crippen LogP contribution in [0.2, 0.25) is 0 Å². The minimum Gasteiger partial charge on any atom is -0.299 e. The minimum atomic E-state index is 0.813. The number of halogens is 1. The first-order chi connectivity index (χ1) is 7.33. The van der Waals surface area contributed by atoms with Crippen molar-refractivity contribution in [2.24, 2.45) is 0 Å². The summed E-state index contributed by atoms with van der Waals surface area (Å²) in [7, 11) is 0. The predicted octanol–water partition coefficient (Wildman–Crippen LogP) is 3.53. The summed E-state index contributed by atoms with van der Waals surface area (Å²) in [5.74, 6) is 0. The molecule has 1 aliphatic rings. The van der Waals surface area contributed by atoms with E-state index in [9.17, 15) is 4.79 Å². The van der Waals surface area contributed by atoms with Crippen molar-refractivity contribution in [1.29, 1.82) is 0 Å². The number of rotatable bonds is 2. The van der Waals surface area contributed by atoms with Gasteiger partial charge >= 0.3 is 0 Å². The maximum Gasteiger partial charge on any atom is 0.142 e. The van der Waals surface area contributed by atoms with Gasteiger partial charge in [0.2, 0.25) is 0 Å². The summed E-state index contributed by atoms with van der Waals surface area (Å²) < 4.78 is 1.16. The minimum absolute atomic E-state index is 0.813. The van der Waals surface area contributed by atoms with Gasteiger partial charge in [-0.3, -0.25) is 4.79 Å².